The number of aryl methyl sites for hydroxylation is 1. The SMILES string of the molecule is Cc1cccc(NC(C)(CO)c2cccc(O)c2)c1. The van der Waals surface area contributed by atoms with Crippen LogP contribution in [0.1, 0.15) is 18.1 Å². The summed E-state index contributed by atoms with van der Waals surface area (Å²) in [7, 11) is 0. The second-order valence-corrected chi connectivity index (χ2v) is 5.04. The van der Waals surface area contributed by atoms with Crippen molar-refractivity contribution in [3.63, 3.8) is 0 Å². The molecule has 0 aliphatic rings. The lowest BCUT2D eigenvalue weighted by atomic mass is 9.92. The van der Waals surface area contributed by atoms with E-state index < -0.39 is 5.54 Å². The maximum atomic E-state index is 9.72. The van der Waals surface area contributed by atoms with Crippen molar-refractivity contribution in [2.24, 2.45) is 0 Å². The van der Waals surface area contributed by atoms with Crippen LogP contribution in [0.25, 0.3) is 0 Å². The van der Waals surface area contributed by atoms with Crippen LogP contribution in [-0.2, 0) is 5.54 Å². The molecule has 0 saturated heterocycles. The van der Waals surface area contributed by atoms with Gasteiger partial charge in [-0.05, 0) is 49.2 Å². The van der Waals surface area contributed by atoms with Crippen LogP contribution in [-0.4, -0.2) is 16.8 Å². The molecule has 0 aliphatic heterocycles. The highest BCUT2D eigenvalue weighted by Crippen LogP contribution is 2.28. The van der Waals surface area contributed by atoms with Crippen molar-refractivity contribution in [3.05, 3.63) is 59.7 Å². The zero-order valence-corrected chi connectivity index (χ0v) is 11.2. The van der Waals surface area contributed by atoms with Crippen LogP contribution in [0.5, 0.6) is 5.75 Å². The highest BCUT2D eigenvalue weighted by atomic mass is 16.3. The van der Waals surface area contributed by atoms with E-state index in [1.807, 2.05) is 44.2 Å². The number of phenolic OH excluding ortho intramolecular Hbond substituents is 1. The van der Waals surface area contributed by atoms with E-state index in [0.29, 0.717) is 0 Å². The molecule has 0 heterocycles. The molecule has 0 radical (unpaired) electrons. The molecule has 1 atom stereocenters. The van der Waals surface area contributed by atoms with Gasteiger partial charge in [0.05, 0.1) is 12.1 Å². The largest absolute Gasteiger partial charge is 0.508 e. The molecule has 2 aromatic rings. The zero-order valence-electron chi connectivity index (χ0n) is 11.2. The summed E-state index contributed by atoms with van der Waals surface area (Å²) in [5, 5.41) is 22.6. The first-order valence-electron chi connectivity index (χ1n) is 6.29. The van der Waals surface area contributed by atoms with E-state index in [-0.39, 0.29) is 12.4 Å². The zero-order chi connectivity index (χ0) is 13.9. The molecule has 3 nitrogen and oxygen atoms in total. The number of rotatable bonds is 4. The molecule has 0 aromatic heterocycles. The van der Waals surface area contributed by atoms with Crippen LogP contribution in [0.3, 0.4) is 0 Å². The highest BCUT2D eigenvalue weighted by molar-refractivity contribution is 5.50. The molecule has 2 rings (SSSR count). The smallest absolute Gasteiger partial charge is 0.115 e. The van der Waals surface area contributed by atoms with E-state index in [1.54, 1.807) is 18.2 Å². The normalized spacial score (nSPS) is 13.8. The molecule has 1 unspecified atom stereocenters. The minimum absolute atomic E-state index is 0.0651. The Kier molecular flexibility index (Phi) is 3.76. The van der Waals surface area contributed by atoms with E-state index in [0.717, 1.165) is 16.8 Å². The van der Waals surface area contributed by atoms with E-state index in [1.165, 1.54) is 0 Å². The Morgan fingerprint density at radius 3 is 2.47 bits per heavy atom. The quantitative estimate of drug-likeness (QED) is 0.789. The summed E-state index contributed by atoms with van der Waals surface area (Å²) < 4.78 is 0. The molecule has 19 heavy (non-hydrogen) atoms. The average molecular weight is 257 g/mol. The van der Waals surface area contributed by atoms with Gasteiger partial charge in [-0.2, -0.15) is 0 Å². The number of nitrogens with one attached hydrogen (secondary N) is 1. The second kappa shape index (κ2) is 5.33. The lowest BCUT2D eigenvalue weighted by Gasteiger charge is -2.30. The Balaban J connectivity index is 2.32. The van der Waals surface area contributed by atoms with E-state index in [4.69, 9.17) is 0 Å². The number of phenols is 1. The van der Waals surface area contributed by atoms with Crippen LogP contribution in [0.4, 0.5) is 5.69 Å². The molecule has 3 N–H and O–H groups in total. The average Bonchev–Trinajstić information content (AvgIpc) is 2.38. The summed E-state index contributed by atoms with van der Waals surface area (Å²) in [4.78, 5) is 0. The van der Waals surface area contributed by atoms with Crippen LogP contribution < -0.4 is 5.32 Å². The van der Waals surface area contributed by atoms with Gasteiger partial charge in [-0.25, -0.2) is 0 Å². The van der Waals surface area contributed by atoms with Gasteiger partial charge in [-0.15, -0.1) is 0 Å². The van der Waals surface area contributed by atoms with Gasteiger partial charge in [-0.3, -0.25) is 0 Å². The lowest BCUT2D eigenvalue weighted by Crippen LogP contribution is -2.35. The van der Waals surface area contributed by atoms with Crippen LogP contribution >= 0.6 is 0 Å². The van der Waals surface area contributed by atoms with Gasteiger partial charge in [-0.1, -0.05) is 24.3 Å². The predicted molar refractivity (Wildman–Crippen MR) is 77.3 cm³/mol. The van der Waals surface area contributed by atoms with E-state index in [2.05, 4.69) is 5.32 Å². The maximum Gasteiger partial charge on any atom is 0.115 e. The third kappa shape index (κ3) is 3.06. The van der Waals surface area contributed by atoms with Crippen molar-refractivity contribution in [3.8, 4) is 5.75 Å². The molecule has 0 aliphatic carbocycles. The van der Waals surface area contributed by atoms with Crippen LogP contribution in [0.15, 0.2) is 48.5 Å². The Bertz CT molecular complexity index is 568. The number of hydrogen-bond acceptors (Lipinski definition) is 3. The summed E-state index contributed by atoms with van der Waals surface area (Å²) in [5.74, 6) is 0.197. The summed E-state index contributed by atoms with van der Waals surface area (Å²) in [5.41, 5.74) is 2.31. The molecule has 0 fully saturated rings. The molecule has 0 saturated carbocycles. The number of hydrogen-bond donors (Lipinski definition) is 3. The second-order valence-electron chi connectivity index (χ2n) is 5.04. The minimum atomic E-state index is -0.632. The first-order chi connectivity index (χ1) is 9.03. The van der Waals surface area contributed by atoms with E-state index >= 15 is 0 Å². The van der Waals surface area contributed by atoms with E-state index in [9.17, 15) is 10.2 Å². The first kappa shape index (κ1) is 13.4. The number of aliphatic hydroxyl groups is 1. The lowest BCUT2D eigenvalue weighted by molar-refractivity contribution is 0.224. The van der Waals surface area contributed by atoms with Crippen molar-refractivity contribution >= 4 is 5.69 Å². The fourth-order valence-electron chi connectivity index (χ4n) is 2.09. The third-order valence-electron chi connectivity index (χ3n) is 3.24. The Morgan fingerprint density at radius 2 is 1.84 bits per heavy atom. The van der Waals surface area contributed by atoms with Gasteiger partial charge in [0.15, 0.2) is 0 Å². The Morgan fingerprint density at radius 1 is 1.11 bits per heavy atom. The molecule has 2 aromatic carbocycles. The van der Waals surface area contributed by atoms with Crippen LogP contribution in [0.2, 0.25) is 0 Å². The fourth-order valence-corrected chi connectivity index (χ4v) is 2.09. The molecule has 0 bridgehead atoms. The van der Waals surface area contributed by atoms with Gasteiger partial charge < -0.3 is 15.5 Å². The highest BCUT2D eigenvalue weighted by Gasteiger charge is 2.25. The van der Waals surface area contributed by atoms with Crippen molar-refractivity contribution < 1.29 is 10.2 Å². The predicted octanol–water partition coefficient (Wildman–Crippen LogP) is 3.02. The number of benzene rings is 2. The molecular weight excluding hydrogens is 238 g/mol. The fraction of sp³-hybridized carbons (Fsp3) is 0.250. The molecule has 0 amide bonds. The van der Waals surface area contributed by atoms with Crippen LogP contribution in [0, 0.1) is 6.92 Å². The standard InChI is InChI=1S/C16H19NO2/c1-12-5-3-7-14(9-12)17-16(2,11-18)13-6-4-8-15(19)10-13/h3-10,17-19H,11H2,1-2H3. The minimum Gasteiger partial charge on any atom is -0.508 e. The summed E-state index contributed by atoms with van der Waals surface area (Å²) in [6.07, 6.45) is 0. The van der Waals surface area contributed by atoms with Crippen molar-refractivity contribution in [1.29, 1.82) is 0 Å². The monoisotopic (exact) mass is 257 g/mol. The maximum absolute atomic E-state index is 9.72. The van der Waals surface area contributed by atoms with Gasteiger partial charge in [0, 0.05) is 5.69 Å². The van der Waals surface area contributed by atoms with Crippen molar-refractivity contribution in [1.82, 2.24) is 0 Å². The van der Waals surface area contributed by atoms with Gasteiger partial charge >= 0.3 is 0 Å². The topological polar surface area (TPSA) is 52.5 Å². The summed E-state index contributed by atoms with van der Waals surface area (Å²) >= 11 is 0. The van der Waals surface area contributed by atoms with Crippen molar-refractivity contribution in [2.45, 2.75) is 19.4 Å². The first-order valence-corrected chi connectivity index (χ1v) is 6.29. The summed E-state index contributed by atoms with van der Waals surface area (Å²) in [6.45, 7) is 3.87. The van der Waals surface area contributed by atoms with Gasteiger partial charge in [0.1, 0.15) is 5.75 Å². The Hall–Kier alpha value is -2.00. The molecule has 0 spiro atoms. The molecule has 3 heteroatoms. The number of anilines is 1. The Labute approximate surface area is 113 Å². The molecule has 100 valence electrons. The summed E-state index contributed by atoms with van der Waals surface area (Å²) in [6, 6.07) is 14.9. The van der Waals surface area contributed by atoms with Gasteiger partial charge in [0.25, 0.3) is 0 Å². The number of aromatic hydroxyl groups is 1. The third-order valence-corrected chi connectivity index (χ3v) is 3.24. The van der Waals surface area contributed by atoms with Gasteiger partial charge in [0.2, 0.25) is 0 Å². The number of aliphatic hydroxyl groups excluding tert-OH is 1. The van der Waals surface area contributed by atoms with Crippen molar-refractivity contribution in [2.75, 3.05) is 11.9 Å². The molecular formula is C16H19NO2.